The lowest BCUT2D eigenvalue weighted by molar-refractivity contribution is 0.0669. The maximum atomic E-state index is 14.2. The van der Waals surface area contributed by atoms with Crippen LogP contribution in [-0.2, 0) is 4.74 Å². The van der Waals surface area contributed by atoms with Gasteiger partial charge in [0, 0.05) is 30.3 Å². The molecular formula is C15H22FNO3. The predicted molar refractivity (Wildman–Crippen MR) is 74.9 cm³/mol. The first-order valence-electron chi connectivity index (χ1n) is 6.91. The number of hydrogen-bond donors (Lipinski definition) is 1. The number of ether oxygens (including phenoxy) is 3. The molecule has 1 aromatic rings. The summed E-state index contributed by atoms with van der Waals surface area (Å²) in [7, 11) is 3.05. The number of rotatable bonds is 5. The fraction of sp³-hybridized carbons (Fsp3) is 0.600. The highest BCUT2D eigenvalue weighted by Crippen LogP contribution is 2.32. The first kappa shape index (κ1) is 15.1. The van der Waals surface area contributed by atoms with Gasteiger partial charge in [-0.1, -0.05) is 0 Å². The summed E-state index contributed by atoms with van der Waals surface area (Å²) < 4.78 is 29.9. The van der Waals surface area contributed by atoms with E-state index in [4.69, 9.17) is 14.2 Å². The lowest BCUT2D eigenvalue weighted by Crippen LogP contribution is -2.38. The Morgan fingerprint density at radius 2 is 2.00 bits per heavy atom. The Morgan fingerprint density at radius 3 is 2.60 bits per heavy atom. The Bertz CT molecular complexity index is 447. The summed E-state index contributed by atoms with van der Waals surface area (Å²) in [5.41, 5.74) is 0.577. The van der Waals surface area contributed by atoms with Crippen LogP contribution >= 0.6 is 0 Å². The van der Waals surface area contributed by atoms with E-state index in [1.54, 1.807) is 13.2 Å². The number of methoxy groups -OCH3 is 2. The Kier molecular flexibility index (Phi) is 5.20. The Hall–Kier alpha value is -1.33. The van der Waals surface area contributed by atoms with Crippen LogP contribution < -0.4 is 14.8 Å². The van der Waals surface area contributed by atoms with E-state index in [0.717, 1.165) is 19.4 Å². The van der Waals surface area contributed by atoms with Gasteiger partial charge in [0.25, 0.3) is 0 Å². The minimum absolute atomic E-state index is 0.110. The highest BCUT2D eigenvalue weighted by atomic mass is 19.1. The second-order valence-electron chi connectivity index (χ2n) is 5.03. The van der Waals surface area contributed by atoms with Crippen molar-refractivity contribution < 1.29 is 18.6 Å². The van der Waals surface area contributed by atoms with Gasteiger partial charge in [0.05, 0.1) is 20.8 Å². The summed E-state index contributed by atoms with van der Waals surface area (Å²) in [5, 5.41) is 3.40. The molecule has 0 unspecified atom stereocenters. The lowest BCUT2D eigenvalue weighted by atomic mass is 10.0. The van der Waals surface area contributed by atoms with E-state index in [2.05, 4.69) is 5.32 Å². The normalized spacial score (nSPS) is 20.5. The average Bonchev–Trinajstić information content (AvgIpc) is 2.47. The van der Waals surface area contributed by atoms with Crippen LogP contribution in [0.2, 0.25) is 0 Å². The van der Waals surface area contributed by atoms with Crippen molar-refractivity contribution in [2.24, 2.45) is 0 Å². The van der Waals surface area contributed by atoms with Gasteiger partial charge in [-0.2, -0.15) is 0 Å². The van der Waals surface area contributed by atoms with E-state index < -0.39 is 0 Å². The van der Waals surface area contributed by atoms with Gasteiger partial charge in [-0.15, -0.1) is 0 Å². The quantitative estimate of drug-likeness (QED) is 0.902. The van der Waals surface area contributed by atoms with Crippen LogP contribution in [0.5, 0.6) is 11.5 Å². The molecule has 2 rings (SSSR count). The zero-order chi connectivity index (χ0) is 14.5. The molecule has 0 bridgehead atoms. The largest absolute Gasteiger partial charge is 0.493 e. The van der Waals surface area contributed by atoms with Crippen molar-refractivity contribution in [2.75, 3.05) is 27.4 Å². The second kappa shape index (κ2) is 6.90. The zero-order valence-electron chi connectivity index (χ0n) is 12.2. The summed E-state index contributed by atoms with van der Waals surface area (Å²) in [5.74, 6) is 0.652. The summed E-state index contributed by atoms with van der Waals surface area (Å²) in [6.45, 7) is 3.44. The lowest BCUT2D eigenvalue weighted by Gasteiger charge is -2.27. The molecule has 0 aliphatic carbocycles. The molecule has 0 aromatic heterocycles. The molecule has 0 spiro atoms. The van der Waals surface area contributed by atoms with E-state index in [0.29, 0.717) is 23.7 Å². The molecule has 4 nitrogen and oxygen atoms in total. The molecule has 0 radical (unpaired) electrons. The molecule has 1 heterocycles. The zero-order valence-corrected chi connectivity index (χ0v) is 12.2. The number of halogens is 1. The molecule has 1 fully saturated rings. The molecule has 1 aliphatic heterocycles. The molecule has 1 aliphatic rings. The molecular weight excluding hydrogens is 261 g/mol. The fourth-order valence-electron chi connectivity index (χ4n) is 2.52. The van der Waals surface area contributed by atoms with Crippen LogP contribution in [0.1, 0.15) is 31.4 Å². The molecule has 112 valence electrons. The van der Waals surface area contributed by atoms with Crippen molar-refractivity contribution in [3.05, 3.63) is 23.5 Å². The topological polar surface area (TPSA) is 39.7 Å². The standard InChI is InChI=1S/C15H22FNO3/c1-10(17-11-5-4-6-20-9-11)12-7-14(18-2)15(19-3)8-13(12)16/h7-8,10-11,17H,4-6,9H2,1-3H3/t10-,11-/m1/s1. The number of nitrogens with one attached hydrogen (secondary N) is 1. The molecule has 1 aromatic carbocycles. The van der Waals surface area contributed by atoms with Crippen LogP contribution in [-0.4, -0.2) is 33.5 Å². The van der Waals surface area contributed by atoms with Gasteiger partial charge in [0.2, 0.25) is 0 Å². The molecule has 1 saturated heterocycles. The Labute approximate surface area is 119 Å². The van der Waals surface area contributed by atoms with E-state index in [1.165, 1.54) is 13.2 Å². The van der Waals surface area contributed by atoms with Crippen LogP contribution in [0, 0.1) is 5.82 Å². The molecule has 2 atom stereocenters. The third-order valence-corrected chi connectivity index (χ3v) is 3.62. The van der Waals surface area contributed by atoms with Crippen molar-refractivity contribution in [1.29, 1.82) is 0 Å². The van der Waals surface area contributed by atoms with Crippen molar-refractivity contribution >= 4 is 0 Å². The minimum Gasteiger partial charge on any atom is -0.493 e. The average molecular weight is 283 g/mol. The van der Waals surface area contributed by atoms with Gasteiger partial charge in [-0.3, -0.25) is 0 Å². The van der Waals surface area contributed by atoms with Crippen molar-refractivity contribution in [3.63, 3.8) is 0 Å². The molecule has 0 amide bonds. The van der Waals surface area contributed by atoms with Crippen LogP contribution in [0.3, 0.4) is 0 Å². The van der Waals surface area contributed by atoms with Crippen molar-refractivity contribution in [2.45, 2.75) is 31.8 Å². The SMILES string of the molecule is COc1cc(F)c([C@@H](C)N[C@@H]2CCCOC2)cc1OC. The van der Waals surface area contributed by atoms with E-state index in [9.17, 15) is 4.39 Å². The van der Waals surface area contributed by atoms with Gasteiger partial charge < -0.3 is 19.5 Å². The smallest absolute Gasteiger partial charge is 0.163 e. The van der Waals surface area contributed by atoms with Crippen LogP contribution in [0.15, 0.2) is 12.1 Å². The molecule has 20 heavy (non-hydrogen) atoms. The van der Waals surface area contributed by atoms with E-state index in [-0.39, 0.29) is 17.9 Å². The number of hydrogen-bond acceptors (Lipinski definition) is 4. The van der Waals surface area contributed by atoms with Gasteiger partial charge in [-0.05, 0) is 25.8 Å². The van der Waals surface area contributed by atoms with Crippen LogP contribution in [0.25, 0.3) is 0 Å². The monoisotopic (exact) mass is 283 g/mol. The molecule has 1 N–H and O–H groups in total. The van der Waals surface area contributed by atoms with Crippen molar-refractivity contribution in [3.8, 4) is 11.5 Å². The third-order valence-electron chi connectivity index (χ3n) is 3.62. The number of benzene rings is 1. The highest BCUT2D eigenvalue weighted by Gasteiger charge is 2.20. The molecule has 0 saturated carbocycles. The fourth-order valence-corrected chi connectivity index (χ4v) is 2.52. The van der Waals surface area contributed by atoms with Gasteiger partial charge >= 0.3 is 0 Å². The van der Waals surface area contributed by atoms with Gasteiger partial charge in [0.15, 0.2) is 11.5 Å². The molecule has 5 heteroatoms. The van der Waals surface area contributed by atoms with E-state index >= 15 is 0 Å². The third kappa shape index (κ3) is 3.41. The van der Waals surface area contributed by atoms with Gasteiger partial charge in [0.1, 0.15) is 5.82 Å². The van der Waals surface area contributed by atoms with Gasteiger partial charge in [-0.25, -0.2) is 4.39 Å². The summed E-state index contributed by atoms with van der Waals surface area (Å²) >= 11 is 0. The maximum Gasteiger partial charge on any atom is 0.163 e. The van der Waals surface area contributed by atoms with E-state index in [1.807, 2.05) is 6.92 Å². The maximum absolute atomic E-state index is 14.2. The summed E-state index contributed by atoms with van der Waals surface area (Å²) in [6.07, 6.45) is 2.10. The first-order valence-corrected chi connectivity index (χ1v) is 6.91. The highest BCUT2D eigenvalue weighted by molar-refractivity contribution is 5.44. The van der Waals surface area contributed by atoms with Crippen LogP contribution in [0.4, 0.5) is 4.39 Å². The summed E-state index contributed by atoms with van der Waals surface area (Å²) in [6, 6.07) is 3.21. The first-order chi connectivity index (χ1) is 9.65. The second-order valence-corrected chi connectivity index (χ2v) is 5.03. The minimum atomic E-state index is -0.292. The van der Waals surface area contributed by atoms with Crippen molar-refractivity contribution in [1.82, 2.24) is 5.32 Å². The predicted octanol–water partition coefficient (Wildman–Crippen LogP) is 2.67. The summed E-state index contributed by atoms with van der Waals surface area (Å²) in [4.78, 5) is 0. The Morgan fingerprint density at radius 1 is 1.30 bits per heavy atom. The Balaban J connectivity index is 2.13.